The number of nitrogens with two attached hydrogens (primary N) is 1. The van der Waals surface area contributed by atoms with Gasteiger partial charge >= 0.3 is 6.18 Å². The van der Waals surface area contributed by atoms with Crippen molar-refractivity contribution in [2.24, 2.45) is 5.73 Å². The Morgan fingerprint density at radius 3 is 2.39 bits per heavy atom. The number of alkyl halides is 3. The second-order valence-corrected chi connectivity index (χ2v) is 4.63. The molecule has 9 heteroatoms. The van der Waals surface area contributed by atoms with Crippen LogP contribution < -0.4 is 16.4 Å². The van der Waals surface area contributed by atoms with Crippen LogP contribution in [-0.2, 0) is 11.0 Å². The minimum absolute atomic E-state index is 0. The molecule has 0 bridgehead atoms. The van der Waals surface area contributed by atoms with Gasteiger partial charge in [-0.05, 0) is 37.6 Å². The maximum Gasteiger partial charge on any atom is 0.416 e. The van der Waals surface area contributed by atoms with Gasteiger partial charge in [0.05, 0.1) is 16.9 Å². The van der Waals surface area contributed by atoms with Crippen LogP contribution >= 0.6 is 24.8 Å². The van der Waals surface area contributed by atoms with Crippen molar-refractivity contribution in [1.29, 1.82) is 0 Å². The molecule has 4 nitrogen and oxygen atoms in total. The number of carbonyl (C=O) groups is 1. The Morgan fingerprint density at radius 2 is 1.87 bits per heavy atom. The molecule has 0 atom stereocenters. The van der Waals surface area contributed by atoms with Crippen molar-refractivity contribution >= 4 is 42.1 Å². The van der Waals surface area contributed by atoms with E-state index in [-0.39, 0.29) is 42.8 Å². The van der Waals surface area contributed by atoms with Gasteiger partial charge in [0.15, 0.2) is 0 Å². The van der Waals surface area contributed by atoms with Gasteiger partial charge in [0.2, 0.25) is 5.91 Å². The number of benzene rings is 1. The summed E-state index contributed by atoms with van der Waals surface area (Å²) in [6, 6.07) is 3.27. The zero-order valence-electron chi connectivity index (χ0n) is 12.7. The summed E-state index contributed by atoms with van der Waals surface area (Å²) in [4.78, 5) is 11.7. The molecule has 0 aromatic heterocycles. The maximum atomic E-state index is 12.7. The fraction of sp³-hybridized carbons (Fsp3) is 0.500. The lowest BCUT2D eigenvalue weighted by Gasteiger charge is -2.15. The van der Waals surface area contributed by atoms with Crippen LogP contribution in [0.5, 0.6) is 0 Å². The van der Waals surface area contributed by atoms with Crippen LogP contribution in [0.3, 0.4) is 0 Å². The molecule has 0 radical (unpaired) electrons. The minimum Gasteiger partial charge on any atom is -0.383 e. The van der Waals surface area contributed by atoms with Crippen molar-refractivity contribution in [2.75, 3.05) is 23.7 Å². The van der Waals surface area contributed by atoms with E-state index >= 15 is 0 Å². The van der Waals surface area contributed by atoms with Crippen molar-refractivity contribution in [3.8, 4) is 0 Å². The highest BCUT2D eigenvalue weighted by Crippen LogP contribution is 2.34. The van der Waals surface area contributed by atoms with Crippen molar-refractivity contribution < 1.29 is 18.0 Å². The van der Waals surface area contributed by atoms with Crippen molar-refractivity contribution in [3.63, 3.8) is 0 Å². The molecule has 0 aliphatic rings. The number of hydrogen-bond donors (Lipinski definition) is 3. The Balaban J connectivity index is 0. The molecular weight excluding hydrogens is 354 g/mol. The zero-order valence-corrected chi connectivity index (χ0v) is 14.3. The van der Waals surface area contributed by atoms with Gasteiger partial charge in [0.25, 0.3) is 0 Å². The van der Waals surface area contributed by atoms with Crippen molar-refractivity contribution in [3.05, 3.63) is 23.8 Å². The van der Waals surface area contributed by atoms with Gasteiger partial charge in [0.1, 0.15) is 0 Å². The third-order valence-corrected chi connectivity index (χ3v) is 2.79. The molecular formula is C14H22Cl2F3N3O. The normalized spacial score (nSPS) is 10.3. The molecule has 1 amide bonds. The third-order valence-electron chi connectivity index (χ3n) is 2.79. The van der Waals surface area contributed by atoms with Gasteiger partial charge in [-0.25, -0.2) is 0 Å². The summed E-state index contributed by atoms with van der Waals surface area (Å²) in [5.74, 6) is -0.348. The number of halogens is 5. The Kier molecular flexibility index (Phi) is 11.9. The first-order chi connectivity index (χ1) is 9.88. The summed E-state index contributed by atoms with van der Waals surface area (Å²) in [5, 5.41) is 5.51. The first-order valence-corrected chi connectivity index (χ1v) is 6.83. The molecule has 0 spiro atoms. The summed E-state index contributed by atoms with van der Waals surface area (Å²) in [6.07, 6.45) is -2.95. The molecule has 4 N–H and O–H groups in total. The van der Waals surface area contributed by atoms with Gasteiger partial charge in [0, 0.05) is 13.0 Å². The number of rotatable bonds is 7. The average molecular weight is 376 g/mol. The van der Waals surface area contributed by atoms with E-state index in [4.69, 9.17) is 5.73 Å². The first-order valence-electron chi connectivity index (χ1n) is 6.83. The van der Waals surface area contributed by atoms with Gasteiger partial charge in [-0.15, -0.1) is 24.8 Å². The van der Waals surface area contributed by atoms with Crippen molar-refractivity contribution in [2.45, 2.75) is 32.4 Å². The topological polar surface area (TPSA) is 67.1 Å². The summed E-state index contributed by atoms with van der Waals surface area (Å²) in [7, 11) is 0. The van der Waals surface area contributed by atoms with Crippen LogP contribution in [0.4, 0.5) is 24.5 Å². The lowest BCUT2D eigenvalue weighted by atomic mass is 10.1. The predicted octanol–water partition coefficient (Wildman–Crippen LogP) is 4.05. The molecule has 0 heterocycles. The Morgan fingerprint density at radius 1 is 1.22 bits per heavy atom. The van der Waals surface area contributed by atoms with E-state index in [0.717, 1.165) is 18.6 Å². The van der Waals surface area contributed by atoms with E-state index < -0.39 is 11.7 Å². The Bertz CT molecular complexity index is 485. The Hall–Kier alpha value is -1.18. The lowest BCUT2D eigenvalue weighted by molar-refractivity contribution is -0.137. The van der Waals surface area contributed by atoms with Crippen LogP contribution in [0.1, 0.15) is 31.7 Å². The molecule has 134 valence electrons. The average Bonchev–Trinajstić information content (AvgIpc) is 2.42. The quantitative estimate of drug-likeness (QED) is 0.673. The summed E-state index contributed by atoms with van der Waals surface area (Å²) in [5.41, 5.74) is 5.13. The Labute approximate surface area is 146 Å². The fourth-order valence-corrected chi connectivity index (χ4v) is 1.71. The van der Waals surface area contributed by atoms with Crippen LogP contribution in [0, 0.1) is 0 Å². The van der Waals surface area contributed by atoms with Crippen LogP contribution in [0.25, 0.3) is 0 Å². The van der Waals surface area contributed by atoms with Gasteiger partial charge < -0.3 is 16.4 Å². The number of nitrogens with one attached hydrogen (secondary N) is 2. The number of hydrogen-bond acceptors (Lipinski definition) is 3. The summed E-state index contributed by atoms with van der Waals surface area (Å²) in [6.45, 7) is 2.91. The van der Waals surface area contributed by atoms with E-state index in [0.29, 0.717) is 25.2 Å². The van der Waals surface area contributed by atoms with Crippen LogP contribution in [0.2, 0.25) is 0 Å². The van der Waals surface area contributed by atoms with E-state index in [1.54, 1.807) is 0 Å². The second-order valence-electron chi connectivity index (χ2n) is 4.63. The highest BCUT2D eigenvalue weighted by atomic mass is 35.5. The number of anilines is 2. The largest absolute Gasteiger partial charge is 0.416 e. The van der Waals surface area contributed by atoms with Gasteiger partial charge in [-0.2, -0.15) is 13.2 Å². The third kappa shape index (κ3) is 8.29. The monoisotopic (exact) mass is 375 g/mol. The lowest BCUT2D eigenvalue weighted by Crippen LogP contribution is -2.16. The SMILES string of the molecule is CCCNc1ccc(C(F)(F)F)cc1NC(=O)CCCN.Cl.Cl. The minimum atomic E-state index is -4.44. The molecule has 23 heavy (non-hydrogen) atoms. The van der Waals surface area contributed by atoms with E-state index in [1.165, 1.54) is 6.07 Å². The van der Waals surface area contributed by atoms with Gasteiger partial charge in [-0.1, -0.05) is 6.92 Å². The highest BCUT2D eigenvalue weighted by molar-refractivity contribution is 5.94. The summed E-state index contributed by atoms with van der Waals surface area (Å²) < 4.78 is 38.2. The molecule has 1 rings (SSSR count). The smallest absolute Gasteiger partial charge is 0.383 e. The fourth-order valence-electron chi connectivity index (χ4n) is 1.71. The maximum absolute atomic E-state index is 12.7. The number of amides is 1. The summed E-state index contributed by atoms with van der Waals surface area (Å²) >= 11 is 0. The highest BCUT2D eigenvalue weighted by Gasteiger charge is 2.31. The van der Waals surface area contributed by atoms with Gasteiger partial charge in [-0.3, -0.25) is 4.79 Å². The van der Waals surface area contributed by atoms with E-state index in [1.807, 2.05) is 6.92 Å². The standard InChI is InChI=1S/C14H20F3N3O.2ClH/c1-2-8-19-11-6-5-10(14(15,16)17)9-12(11)20-13(21)4-3-7-18;;/h5-6,9,19H,2-4,7-8,18H2,1H3,(H,20,21);2*1H. The van der Waals surface area contributed by atoms with Crippen LogP contribution in [-0.4, -0.2) is 19.0 Å². The number of carbonyl (C=O) groups excluding carboxylic acids is 1. The van der Waals surface area contributed by atoms with Crippen molar-refractivity contribution in [1.82, 2.24) is 0 Å². The molecule has 0 unspecified atom stereocenters. The van der Waals surface area contributed by atoms with E-state index in [9.17, 15) is 18.0 Å². The molecule has 1 aromatic carbocycles. The molecule has 0 saturated carbocycles. The first kappa shape index (κ1) is 24.1. The molecule has 0 saturated heterocycles. The zero-order chi connectivity index (χ0) is 15.9. The molecule has 0 aliphatic heterocycles. The van der Waals surface area contributed by atoms with Crippen LogP contribution in [0.15, 0.2) is 18.2 Å². The van der Waals surface area contributed by atoms with E-state index in [2.05, 4.69) is 10.6 Å². The molecule has 0 aliphatic carbocycles. The predicted molar refractivity (Wildman–Crippen MR) is 91.6 cm³/mol. The molecule has 0 fully saturated rings. The second kappa shape index (κ2) is 11.4. The molecule has 1 aromatic rings.